The molecule has 0 spiro atoms. The average molecular weight is 582 g/mol. The van der Waals surface area contributed by atoms with E-state index in [0.717, 1.165) is 52.6 Å². The Morgan fingerprint density at radius 2 is 1.58 bits per heavy atom. The van der Waals surface area contributed by atoms with Crippen LogP contribution >= 0.6 is 0 Å². The summed E-state index contributed by atoms with van der Waals surface area (Å²) in [5.41, 5.74) is 5.16. The van der Waals surface area contributed by atoms with E-state index in [2.05, 4.69) is 56.4 Å². The van der Waals surface area contributed by atoms with Crippen LogP contribution in [0.5, 0.6) is 11.5 Å². The predicted molar refractivity (Wildman–Crippen MR) is 177 cm³/mol. The number of hydrogen-bond donors (Lipinski definition) is 2. The highest BCUT2D eigenvalue weighted by Gasteiger charge is 2.29. The van der Waals surface area contributed by atoms with Crippen molar-refractivity contribution in [3.05, 3.63) is 89.0 Å². The molecule has 5 rings (SSSR count). The van der Waals surface area contributed by atoms with Crippen molar-refractivity contribution in [3.8, 4) is 11.5 Å². The van der Waals surface area contributed by atoms with Gasteiger partial charge in [-0.05, 0) is 59.4 Å². The molecule has 0 radical (unpaired) electrons. The van der Waals surface area contributed by atoms with Crippen molar-refractivity contribution in [2.75, 3.05) is 11.9 Å². The van der Waals surface area contributed by atoms with Crippen LogP contribution in [0.15, 0.2) is 66.7 Å². The number of nitrogens with one attached hydrogen (secondary N) is 1. The molecular weight excluding hydrogens is 530 g/mol. The molecule has 0 saturated heterocycles. The lowest BCUT2D eigenvalue weighted by Gasteiger charge is -2.28. The molecule has 1 atom stereocenters. The highest BCUT2D eigenvalue weighted by Crippen LogP contribution is 2.45. The maximum atomic E-state index is 13.7. The van der Waals surface area contributed by atoms with Gasteiger partial charge in [0.05, 0.1) is 0 Å². The van der Waals surface area contributed by atoms with Crippen LogP contribution in [-0.4, -0.2) is 17.6 Å². The standard InChI is InChI=1S/C39H51NO3/c1-39(2,3)34-23-22-29(24-30(27-41)17-9-5-8-16-28-14-6-4-7-15-28)25-35(34)40-38(42)26-33-31-18-10-12-20-36(31)43-37-21-13-11-19-32(33)37/h10-13,18-23,25,28,30,33,41H,4-9,14-17,24,26-27H2,1-3H3,(H,40,42). The minimum atomic E-state index is -0.117. The van der Waals surface area contributed by atoms with E-state index >= 15 is 0 Å². The Morgan fingerprint density at radius 3 is 2.23 bits per heavy atom. The van der Waals surface area contributed by atoms with Crippen LogP contribution in [0.1, 0.15) is 120 Å². The van der Waals surface area contributed by atoms with Crippen molar-refractivity contribution in [3.63, 3.8) is 0 Å². The van der Waals surface area contributed by atoms with Crippen LogP contribution < -0.4 is 10.1 Å². The van der Waals surface area contributed by atoms with Crippen LogP contribution in [0.2, 0.25) is 0 Å². The second-order valence-electron chi connectivity index (χ2n) is 14.0. The molecule has 1 unspecified atom stereocenters. The number of hydrogen-bond acceptors (Lipinski definition) is 3. The van der Waals surface area contributed by atoms with E-state index in [1.165, 1.54) is 63.4 Å². The fraction of sp³-hybridized carbons (Fsp3) is 0.513. The van der Waals surface area contributed by atoms with E-state index in [0.29, 0.717) is 6.42 Å². The fourth-order valence-electron chi connectivity index (χ4n) is 7.20. The number of para-hydroxylation sites is 2. The van der Waals surface area contributed by atoms with Gasteiger partial charge in [-0.15, -0.1) is 0 Å². The summed E-state index contributed by atoms with van der Waals surface area (Å²) in [5, 5.41) is 13.5. The smallest absolute Gasteiger partial charge is 0.225 e. The molecule has 1 fully saturated rings. The Morgan fingerprint density at radius 1 is 0.907 bits per heavy atom. The van der Waals surface area contributed by atoms with Gasteiger partial charge in [0.2, 0.25) is 5.91 Å². The summed E-state index contributed by atoms with van der Waals surface area (Å²) in [5.74, 6) is 2.76. The van der Waals surface area contributed by atoms with E-state index in [4.69, 9.17) is 4.74 Å². The van der Waals surface area contributed by atoms with E-state index in [1.54, 1.807) is 0 Å². The van der Waals surface area contributed by atoms with Gasteiger partial charge in [-0.2, -0.15) is 0 Å². The van der Waals surface area contributed by atoms with Crippen LogP contribution in [0.25, 0.3) is 0 Å². The van der Waals surface area contributed by atoms with Crippen LogP contribution in [0.4, 0.5) is 5.69 Å². The Labute approximate surface area is 259 Å². The van der Waals surface area contributed by atoms with E-state index < -0.39 is 0 Å². The summed E-state index contributed by atoms with van der Waals surface area (Å²) in [6.07, 6.45) is 14.5. The highest BCUT2D eigenvalue weighted by atomic mass is 16.5. The van der Waals surface area contributed by atoms with Crippen molar-refractivity contribution >= 4 is 11.6 Å². The summed E-state index contributed by atoms with van der Waals surface area (Å²) in [6, 6.07) is 22.6. The fourth-order valence-corrected chi connectivity index (χ4v) is 7.20. The predicted octanol–water partition coefficient (Wildman–Crippen LogP) is 9.93. The summed E-state index contributed by atoms with van der Waals surface area (Å²) in [7, 11) is 0. The maximum Gasteiger partial charge on any atom is 0.225 e. The number of carbonyl (C=O) groups is 1. The summed E-state index contributed by atoms with van der Waals surface area (Å²) in [4.78, 5) is 13.7. The molecule has 4 nitrogen and oxygen atoms in total. The first-order valence-corrected chi connectivity index (χ1v) is 16.7. The molecule has 2 N–H and O–H groups in total. The topological polar surface area (TPSA) is 58.6 Å². The molecule has 1 aliphatic heterocycles. The maximum absolute atomic E-state index is 13.7. The summed E-state index contributed by atoms with van der Waals surface area (Å²) in [6.45, 7) is 6.76. The number of anilines is 1. The summed E-state index contributed by atoms with van der Waals surface area (Å²) < 4.78 is 6.15. The van der Waals surface area contributed by atoms with Gasteiger partial charge in [-0.25, -0.2) is 0 Å². The van der Waals surface area contributed by atoms with Gasteiger partial charge in [0.1, 0.15) is 11.5 Å². The van der Waals surface area contributed by atoms with Gasteiger partial charge in [-0.3, -0.25) is 4.79 Å². The number of aliphatic hydroxyl groups is 1. The zero-order valence-corrected chi connectivity index (χ0v) is 26.5. The third kappa shape index (κ3) is 8.29. The third-order valence-corrected chi connectivity index (χ3v) is 9.60. The normalized spacial score (nSPS) is 16.2. The quantitative estimate of drug-likeness (QED) is 0.209. The number of aliphatic hydroxyl groups excluding tert-OH is 1. The molecule has 43 heavy (non-hydrogen) atoms. The largest absolute Gasteiger partial charge is 0.457 e. The minimum Gasteiger partial charge on any atom is -0.457 e. The molecule has 2 aliphatic rings. The number of ether oxygens (including phenoxy) is 1. The van der Waals surface area contributed by atoms with Crippen LogP contribution in [0.3, 0.4) is 0 Å². The van der Waals surface area contributed by atoms with E-state index in [9.17, 15) is 9.90 Å². The first-order valence-electron chi connectivity index (χ1n) is 16.7. The second-order valence-corrected chi connectivity index (χ2v) is 14.0. The second kappa shape index (κ2) is 14.6. The highest BCUT2D eigenvalue weighted by molar-refractivity contribution is 5.93. The van der Waals surface area contributed by atoms with Gasteiger partial charge in [0.15, 0.2) is 0 Å². The van der Waals surface area contributed by atoms with Crippen LogP contribution in [-0.2, 0) is 16.6 Å². The van der Waals surface area contributed by atoms with Gasteiger partial charge >= 0.3 is 0 Å². The molecule has 4 heteroatoms. The number of unbranched alkanes of at least 4 members (excludes halogenated alkanes) is 2. The van der Waals surface area contributed by atoms with Crippen molar-refractivity contribution in [2.24, 2.45) is 11.8 Å². The molecular formula is C39H51NO3. The average Bonchev–Trinajstić information content (AvgIpc) is 3.00. The lowest BCUT2D eigenvalue weighted by molar-refractivity contribution is -0.116. The van der Waals surface area contributed by atoms with E-state index in [1.807, 2.05) is 36.4 Å². The molecule has 1 heterocycles. The molecule has 0 aromatic heterocycles. The first-order chi connectivity index (χ1) is 20.8. The molecule has 1 aliphatic carbocycles. The lowest BCUT2D eigenvalue weighted by Crippen LogP contribution is -2.22. The zero-order valence-electron chi connectivity index (χ0n) is 26.5. The third-order valence-electron chi connectivity index (χ3n) is 9.60. The lowest BCUT2D eigenvalue weighted by atomic mass is 9.83. The van der Waals surface area contributed by atoms with E-state index in [-0.39, 0.29) is 29.8 Å². The van der Waals surface area contributed by atoms with Crippen LogP contribution in [0, 0.1) is 11.8 Å². The van der Waals surface area contributed by atoms with Crippen molar-refractivity contribution in [2.45, 2.75) is 109 Å². The minimum absolute atomic E-state index is 0.00386. The molecule has 1 amide bonds. The Hall–Kier alpha value is -3.11. The van der Waals surface area contributed by atoms with Gasteiger partial charge in [0.25, 0.3) is 0 Å². The number of fused-ring (bicyclic) bond motifs is 2. The molecule has 1 saturated carbocycles. The first kappa shape index (κ1) is 31.3. The number of rotatable bonds is 12. The zero-order chi connectivity index (χ0) is 30.2. The van der Waals surface area contributed by atoms with Gasteiger partial charge in [-0.1, -0.05) is 127 Å². The Bertz CT molecular complexity index is 1310. The number of amides is 1. The SMILES string of the molecule is CC(C)(C)c1ccc(CC(CO)CCCCCC2CCCCC2)cc1NC(=O)CC1c2ccccc2Oc2ccccc21. The van der Waals surface area contributed by atoms with Gasteiger partial charge in [0, 0.05) is 35.8 Å². The van der Waals surface area contributed by atoms with Crippen molar-refractivity contribution in [1.82, 2.24) is 0 Å². The Kier molecular flexibility index (Phi) is 10.6. The summed E-state index contributed by atoms with van der Waals surface area (Å²) >= 11 is 0. The molecule has 230 valence electrons. The molecule has 3 aromatic rings. The van der Waals surface area contributed by atoms with Crippen molar-refractivity contribution < 1.29 is 14.6 Å². The van der Waals surface area contributed by atoms with Gasteiger partial charge < -0.3 is 15.2 Å². The molecule has 3 aromatic carbocycles. The Balaban J connectivity index is 1.24. The van der Waals surface area contributed by atoms with Crippen molar-refractivity contribution in [1.29, 1.82) is 0 Å². The number of carbonyl (C=O) groups excluding carboxylic acids is 1. The number of benzene rings is 3. The monoisotopic (exact) mass is 581 g/mol. The molecule has 0 bridgehead atoms.